The SMILES string of the molecule is BrCCc1nccs1. The van der Waals surface area contributed by atoms with E-state index in [1.54, 1.807) is 11.3 Å². The van der Waals surface area contributed by atoms with Crippen LogP contribution in [0, 0.1) is 0 Å². The Morgan fingerprint density at radius 1 is 1.75 bits per heavy atom. The van der Waals surface area contributed by atoms with Gasteiger partial charge in [0.1, 0.15) is 0 Å². The lowest BCUT2D eigenvalue weighted by molar-refractivity contribution is 1.12. The van der Waals surface area contributed by atoms with E-state index in [2.05, 4.69) is 20.9 Å². The van der Waals surface area contributed by atoms with Crippen LogP contribution in [0.25, 0.3) is 0 Å². The summed E-state index contributed by atoms with van der Waals surface area (Å²) in [6, 6.07) is 0. The standard InChI is InChI=1S/C5H6BrNS/c6-2-1-5-7-3-4-8-5/h3-4H,1-2H2. The lowest BCUT2D eigenvalue weighted by Crippen LogP contribution is -1.80. The van der Waals surface area contributed by atoms with Crippen LogP contribution in [0.15, 0.2) is 11.6 Å². The maximum atomic E-state index is 4.09. The normalized spacial score (nSPS) is 9.62. The fourth-order valence-electron chi connectivity index (χ4n) is 0.457. The van der Waals surface area contributed by atoms with Crippen LogP contribution in [0.5, 0.6) is 0 Å². The molecule has 0 N–H and O–H groups in total. The third-order valence-electron chi connectivity index (χ3n) is 0.792. The van der Waals surface area contributed by atoms with Gasteiger partial charge in [-0.1, -0.05) is 15.9 Å². The van der Waals surface area contributed by atoms with Crippen LogP contribution in [-0.4, -0.2) is 10.3 Å². The second kappa shape index (κ2) is 3.20. The molecule has 0 amide bonds. The maximum Gasteiger partial charge on any atom is 0.0933 e. The highest BCUT2D eigenvalue weighted by Gasteiger charge is 1.89. The summed E-state index contributed by atoms with van der Waals surface area (Å²) in [6.07, 6.45) is 2.89. The van der Waals surface area contributed by atoms with E-state index in [9.17, 15) is 0 Å². The minimum Gasteiger partial charge on any atom is -0.250 e. The van der Waals surface area contributed by atoms with E-state index < -0.39 is 0 Å². The first kappa shape index (κ1) is 6.23. The lowest BCUT2D eigenvalue weighted by atomic mass is 10.5. The van der Waals surface area contributed by atoms with Gasteiger partial charge in [-0.05, 0) is 0 Å². The van der Waals surface area contributed by atoms with Crippen molar-refractivity contribution in [3.05, 3.63) is 16.6 Å². The van der Waals surface area contributed by atoms with Gasteiger partial charge in [-0.15, -0.1) is 11.3 Å². The van der Waals surface area contributed by atoms with E-state index in [1.807, 2.05) is 11.6 Å². The van der Waals surface area contributed by atoms with Gasteiger partial charge in [0.2, 0.25) is 0 Å². The number of thiazole rings is 1. The molecule has 0 aromatic carbocycles. The molecule has 8 heavy (non-hydrogen) atoms. The largest absolute Gasteiger partial charge is 0.250 e. The van der Waals surface area contributed by atoms with Gasteiger partial charge < -0.3 is 0 Å². The third-order valence-corrected chi connectivity index (χ3v) is 2.03. The van der Waals surface area contributed by atoms with Crippen LogP contribution in [0.4, 0.5) is 0 Å². The fraction of sp³-hybridized carbons (Fsp3) is 0.400. The molecule has 0 unspecified atom stereocenters. The summed E-state index contributed by atoms with van der Waals surface area (Å²) < 4.78 is 0. The third kappa shape index (κ3) is 1.56. The van der Waals surface area contributed by atoms with Gasteiger partial charge in [-0.3, -0.25) is 0 Å². The molecule has 1 aromatic rings. The summed E-state index contributed by atoms with van der Waals surface area (Å²) in [5.74, 6) is 0. The summed E-state index contributed by atoms with van der Waals surface area (Å²) >= 11 is 5.04. The number of aryl methyl sites for hydroxylation is 1. The Bertz CT molecular complexity index is 138. The molecule has 0 aliphatic carbocycles. The summed E-state index contributed by atoms with van der Waals surface area (Å²) in [4.78, 5) is 4.09. The van der Waals surface area contributed by atoms with Gasteiger partial charge >= 0.3 is 0 Å². The second-order valence-electron chi connectivity index (χ2n) is 1.36. The van der Waals surface area contributed by atoms with Crippen LogP contribution in [0.3, 0.4) is 0 Å². The number of halogens is 1. The zero-order chi connectivity index (χ0) is 5.82. The van der Waals surface area contributed by atoms with Crippen molar-refractivity contribution < 1.29 is 0 Å². The molecule has 0 aliphatic heterocycles. The molecule has 3 heteroatoms. The molecule has 0 saturated heterocycles. The Morgan fingerprint density at radius 2 is 2.62 bits per heavy atom. The van der Waals surface area contributed by atoms with E-state index in [1.165, 1.54) is 5.01 Å². The first-order valence-electron chi connectivity index (χ1n) is 2.38. The molecule has 0 atom stereocenters. The smallest absolute Gasteiger partial charge is 0.0933 e. The van der Waals surface area contributed by atoms with Crippen molar-refractivity contribution in [2.75, 3.05) is 5.33 Å². The van der Waals surface area contributed by atoms with Gasteiger partial charge in [0.25, 0.3) is 0 Å². The lowest BCUT2D eigenvalue weighted by Gasteiger charge is -1.83. The van der Waals surface area contributed by atoms with Crippen LogP contribution in [0.2, 0.25) is 0 Å². The average molecular weight is 192 g/mol. The van der Waals surface area contributed by atoms with Crippen LogP contribution in [0.1, 0.15) is 5.01 Å². The van der Waals surface area contributed by atoms with Gasteiger partial charge in [0.05, 0.1) is 5.01 Å². The van der Waals surface area contributed by atoms with E-state index in [0.29, 0.717) is 0 Å². The molecular formula is C5H6BrNS. The molecule has 44 valence electrons. The van der Waals surface area contributed by atoms with E-state index >= 15 is 0 Å². The molecule has 1 heterocycles. The fourth-order valence-corrected chi connectivity index (χ4v) is 1.72. The first-order chi connectivity index (χ1) is 3.93. The Morgan fingerprint density at radius 3 is 3.12 bits per heavy atom. The molecule has 1 aromatic heterocycles. The number of hydrogen-bond donors (Lipinski definition) is 0. The highest BCUT2D eigenvalue weighted by atomic mass is 79.9. The second-order valence-corrected chi connectivity index (χ2v) is 3.14. The Labute approximate surface area is 60.9 Å². The van der Waals surface area contributed by atoms with Gasteiger partial charge in [-0.25, -0.2) is 4.98 Å². The van der Waals surface area contributed by atoms with Crippen molar-refractivity contribution in [1.82, 2.24) is 4.98 Å². The van der Waals surface area contributed by atoms with Gasteiger partial charge in [0, 0.05) is 23.3 Å². The zero-order valence-corrected chi connectivity index (χ0v) is 6.70. The van der Waals surface area contributed by atoms with Gasteiger partial charge in [-0.2, -0.15) is 0 Å². The van der Waals surface area contributed by atoms with Crippen molar-refractivity contribution in [2.24, 2.45) is 0 Å². The minimum absolute atomic E-state index is 1.01. The van der Waals surface area contributed by atoms with Crippen molar-refractivity contribution in [3.8, 4) is 0 Å². The molecule has 0 spiro atoms. The Kier molecular flexibility index (Phi) is 2.49. The predicted octanol–water partition coefficient (Wildman–Crippen LogP) is 2.08. The topological polar surface area (TPSA) is 12.9 Å². The molecule has 0 radical (unpaired) electrons. The maximum absolute atomic E-state index is 4.09. The summed E-state index contributed by atoms with van der Waals surface area (Å²) in [6.45, 7) is 0. The van der Waals surface area contributed by atoms with Crippen molar-refractivity contribution >= 4 is 27.3 Å². The van der Waals surface area contributed by atoms with Gasteiger partial charge in [0.15, 0.2) is 0 Å². The molecule has 0 bridgehead atoms. The Hall–Kier alpha value is 0.110. The molecular weight excluding hydrogens is 186 g/mol. The Balaban J connectivity index is 2.50. The molecule has 1 rings (SSSR count). The van der Waals surface area contributed by atoms with Crippen molar-refractivity contribution in [1.29, 1.82) is 0 Å². The number of nitrogens with zero attached hydrogens (tertiary/aromatic N) is 1. The van der Waals surface area contributed by atoms with E-state index in [0.717, 1.165) is 11.8 Å². The number of aromatic nitrogens is 1. The first-order valence-corrected chi connectivity index (χ1v) is 4.38. The molecule has 0 aliphatic rings. The summed E-state index contributed by atoms with van der Waals surface area (Å²) in [5, 5.41) is 4.22. The van der Waals surface area contributed by atoms with E-state index in [4.69, 9.17) is 0 Å². The number of rotatable bonds is 2. The summed E-state index contributed by atoms with van der Waals surface area (Å²) in [5.41, 5.74) is 0. The molecule has 0 fully saturated rings. The average Bonchev–Trinajstić information content (AvgIpc) is 2.19. The number of alkyl halides is 1. The highest BCUT2D eigenvalue weighted by molar-refractivity contribution is 9.09. The van der Waals surface area contributed by atoms with Crippen LogP contribution >= 0.6 is 27.3 Å². The molecule has 1 nitrogen and oxygen atoms in total. The van der Waals surface area contributed by atoms with Crippen molar-refractivity contribution in [2.45, 2.75) is 6.42 Å². The highest BCUT2D eigenvalue weighted by Crippen LogP contribution is 2.04. The van der Waals surface area contributed by atoms with E-state index in [-0.39, 0.29) is 0 Å². The van der Waals surface area contributed by atoms with Crippen LogP contribution in [-0.2, 0) is 6.42 Å². The zero-order valence-electron chi connectivity index (χ0n) is 4.30. The quantitative estimate of drug-likeness (QED) is 0.653. The predicted molar refractivity (Wildman–Crippen MR) is 39.6 cm³/mol. The monoisotopic (exact) mass is 191 g/mol. The summed E-state index contributed by atoms with van der Waals surface area (Å²) in [7, 11) is 0. The molecule has 0 saturated carbocycles. The van der Waals surface area contributed by atoms with Crippen LogP contribution < -0.4 is 0 Å². The van der Waals surface area contributed by atoms with Crippen molar-refractivity contribution in [3.63, 3.8) is 0 Å². The number of hydrogen-bond acceptors (Lipinski definition) is 2. The minimum atomic E-state index is 1.01.